The predicted octanol–water partition coefficient (Wildman–Crippen LogP) is 4.89. The maximum atomic E-state index is 13.9. The molecule has 0 bridgehead atoms. The molecule has 0 fully saturated rings. The van der Waals surface area contributed by atoms with E-state index in [0.29, 0.717) is 30.0 Å². The summed E-state index contributed by atoms with van der Waals surface area (Å²) in [4.78, 5) is 21.5. The summed E-state index contributed by atoms with van der Waals surface area (Å²) in [6.07, 6.45) is 2.40. The monoisotopic (exact) mass is 537 g/mol. The lowest BCUT2D eigenvalue weighted by Crippen LogP contribution is -2.17. The number of rotatable bonds is 9. The van der Waals surface area contributed by atoms with Crippen molar-refractivity contribution in [2.45, 2.75) is 25.6 Å². The van der Waals surface area contributed by atoms with Crippen LogP contribution in [0, 0.1) is 0 Å². The molecule has 0 unspecified atom stereocenters. The molecule has 39 heavy (non-hydrogen) atoms. The van der Waals surface area contributed by atoms with Crippen LogP contribution in [0.5, 0.6) is 0 Å². The fourth-order valence-electron chi connectivity index (χ4n) is 4.37. The summed E-state index contributed by atoms with van der Waals surface area (Å²) in [6, 6.07) is 8.99. The molecule has 1 aliphatic rings. The van der Waals surface area contributed by atoms with E-state index in [4.69, 9.17) is 4.74 Å². The van der Waals surface area contributed by atoms with Crippen LogP contribution >= 0.6 is 0 Å². The Labute approximate surface area is 222 Å². The van der Waals surface area contributed by atoms with E-state index in [2.05, 4.69) is 31.0 Å². The van der Waals surface area contributed by atoms with Crippen LogP contribution in [0.15, 0.2) is 61.2 Å². The number of hydrogen-bond acceptors (Lipinski definition) is 7. The minimum absolute atomic E-state index is 0.0682. The van der Waals surface area contributed by atoms with Gasteiger partial charge in [0, 0.05) is 55.6 Å². The number of nitrogens with zero attached hydrogens (tertiary/aromatic N) is 4. The van der Waals surface area contributed by atoms with Gasteiger partial charge in [0.15, 0.2) is 0 Å². The largest absolute Gasteiger partial charge is 0.416 e. The average molecular weight is 538 g/mol. The molecule has 0 saturated carbocycles. The van der Waals surface area contributed by atoms with Crippen LogP contribution in [-0.4, -0.2) is 45.9 Å². The topological polar surface area (TPSA) is 106 Å². The Morgan fingerprint density at radius 1 is 1.15 bits per heavy atom. The number of carbonyl (C=O) groups excluding carboxylic acids is 1. The third-order valence-corrected chi connectivity index (χ3v) is 6.31. The molecule has 2 aromatic heterocycles. The quantitative estimate of drug-likeness (QED) is 0.279. The summed E-state index contributed by atoms with van der Waals surface area (Å²) in [5.74, 6) is -0.221. The van der Waals surface area contributed by atoms with Crippen molar-refractivity contribution in [1.29, 1.82) is 0 Å². The summed E-state index contributed by atoms with van der Waals surface area (Å²) in [5.41, 5.74) is 2.61. The van der Waals surface area contributed by atoms with Gasteiger partial charge in [-0.1, -0.05) is 12.1 Å². The molecular weight excluding hydrogens is 511 g/mol. The van der Waals surface area contributed by atoms with Gasteiger partial charge >= 0.3 is 6.18 Å². The van der Waals surface area contributed by atoms with Gasteiger partial charge in [-0.15, -0.1) is 0 Å². The van der Waals surface area contributed by atoms with Crippen molar-refractivity contribution in [3.63, 3.8) is 0 Å². The molecule has 4 aromatic rings. The van der Waals surface area contributed by atoms with E-state index in [1.54, 1.807) is 36.3 Å². The Kier molecular flexibility index (Phi) is 7.46. The number of halogens is 3. The van der Waals surface area contributed by atoms with Crippen molar-refractivity contribution in [2.75, 3.05) is 36.2 Å². The van der Waals surface area contributed by atoms with Gasteiger partial charge in [-0.25, -0.2) is 9.97 Å². The number of hydrogen-bond donors (Lipinski definition) is 3. The predicted molar refractivity (Wildman–Crippen MR) is 140 cm³/mol. The number of ether oxygens (including phenoxy) is 1. The van der Waals surface area contributed by atoms with Crippen LogP contribution in [0.4, 0.5) is 36.2 Å². The smallest absolute Gasteiger partial charge is 0.384 e. The van der Waals surface area contributed by atoms with Crippen LogP contribution in [-0.2, 0) is 30.3 Å². The molecule has 3 N–H and O–H groups in total. The summed E-state index contributed by atoms with van der Waals surface area (Å²) in [5, 5.41) is 13.1. The van der Waals surface area contributed by atoms with Gasteiger partial charge in [0.1, 0.15) is 0 Å². The Morgan fingerprint density at radius 3 is 2.74 bits per heavy atom. The summed E-state index contributed by atoms with van der Waals surface area (Å²) in [6.45, 7) is 1.88. The number of nitrogens with one attached hydrogen (secondary N) is 3. The van der Waals surface area contributed by atoms with Crippen molar-refractivity contribution in [2.24, 2.45) is 0 Å². The second-order valence-electron chi connectivity index (χ2n) is 9.03. The number of alkyl halides is 3. The zero-order valence-electron chi connectivity index (χ0n) is 21.0. The SMILES string of the molecule is COCCn1cc(Nc2ncc(Cc3c(NC(=O)c4ccc5c(c4)NCC5)cccc3C(F)(F)F)cn2)cn1. The molecule has 1 amide bonds. The molecular formula is C27H26F3N7O2. The molecule has 0 radical (unpaired) electrons. The number of aromatic nitrogens is 4. The third kappa shape index (κ3) is 6.17. The normalized spacial score (nSPS) is 12.6. The molecule has 1 aliphatic heterocycles. The first-order chi connectivity index (χ1) is 18.8. The van der Waals surface area contributed by atoms with Crippen molar-refractivity contribution < 1.29 is 22.7 Å². The van der Waals surface area contributed by atoms with Gasteiger partial charge in [-0.05, 0) is 47.4 Å². The van der Waals surface area contributed by atoms with Crippen LogP contribution in [0.1, 0.15) is 32.6 Å². The van der Waals surface area contributed by atoms with Crippen LogP contribution < -0.4 is 16.0 Å². The summed E-state index contributed by atoms with van der Waals surface area (Å²) >= 11 is 0. The first-order valence-corrected chi connectivity index (χ1v) is 12.3. The minimum Gasteiger partial charge on any atom is -0.384 e. The van der Waals surface area contributed by atoms with Crippen LogP contribution in [0.25, 0.3) is 0 Å². The number of amides is 1. The Bertz CT molecular complexity index is 1470. The van der Waals surface area contributed by atoms with Crippen LogP contribution in [0.3, 0.4) is 0 Å². The number of methoxy groups -OCH3 is 1. The summed E-state index contributed by atoms with van der Waals surface area (Å²) in [7, 11) is 1.61. The van der Waals surface area contributed by atoms with E-state index in [-0.39, 0.29) is 23.6 Å². The molecule has 202 valence electrons. The summed E-state index contributed by atoms with van der Waals surface area (Å²) < 4.78 is 48.6. The van der Waals surface area contributed by atoms with Gasteiger partial charge in [0.05, 0.1) is 30.6 Å². The molecule has 12 heteroatoms. The van der Waals surface area contributed by atoms with Crippen molar-refractivity contribution in [3.8, 4) is 0 Å². The second kappa shape index (κ2) is 11.1. The standard InChI is InChI=1S/C27H26F3N7O2/c1-39-10-9-37-16-20(15-34-37)35-26-32-13-17(14-33-26)11-21-22(27(28,29)30)3-2-4-23(21)36-25(38)19-6-5-18-7-8-31-24(18)12-19/h2-6,12-16,31H,7-11H2,1H3,(H,36,38)(H,32,33,35). The average Bonchev–Trinajstić information content (AvgIpc) is 3.57. The van der Waals surface area contributed by atoms with Gasteiger partial charge in [-0.2, -0.15) is 18.3 Å². The van der Waals surface area contributed by atoms with E-state index < -0.39 is 17.6 Å². The first kappa shape index (κ1) is 26.2. The number of benzene rings is 2. The molecule has 0 aliphatic carbocycles. The molecule has 2 aromatic carbocycles. The highest BCUT2D eigenvalue weighted by molar-refractivity contribution is 6.05. The van der Waals surface area contributed by atoms with E-state index >= 15 is 0 Å². The van der Waals surface area contributed by atoms with E-state index in [0.717, 1.165) is 30.3 Å². The molecule has 3 heterocycles. The van der Waals surface area contributed by atoms with Crippen molar-refractivity contribution in [3.05, 3.63) is 89.0 Å². The Morgan fingerprint density at radius 2 is 1.97 bits per heavy atom. The highest BCUT2D eigenvalue weighted by atomic mass is 19.4. The molecule has 0 spiro atoms. The lowest BCUT2D eigenvalue weighted by molar-refractivity contribution is -0.138. The number of anilines is 4. The molecule has 5 rings (SSSR count). The van der Waals surface area contributed by atoms with E-state index in [9.17, 15) is 18.0 Å². The molecule has 0 saturated heterocycles. The van der Waals surface area contributed by atoms with Crippen molar-refractivity contribution >= 4 is 28.9 Å². The highest BCUT2D eigenvalue weighted by Crippen LogP contribution is 2.36. The second-order valence-corrected chi connectivity index (χ2v) is 9.03. The zero-order chi connectivity index (χ0) is 27.4. The van der Waals surface area contributed by atoms with Gasteiger partial charge in [0.2, 0.25) is 5.95 Å². The number of fused-ring (bicyclic) bond motifs is 1. The lowest BCUT2D eigenvalue weighted by Gasteiger charge is -2.18. The zero-order valence-corrected chi connectivity index (χ0v) is 21.0. The third-order valence-electron chi connectivity index (χ3n) is 6.31. The van der Waals surface area contributed by atoms with Crippen molar-refractivity contribution in [1.82, 2.24) is 19.7 Å². The van der Waals surface area contributed by atoms with Gasteiger partial charge in [-0.3, -0.25) is 9.48 Å². The van der Waals surface area contributed by atoms with Crippen LogP contribution in [0.2, 0.25) is 0 Å². The number of carbonyl (C=O) groups is 1. The maximum absolute atomic E-state index is 13.9. The fraction of sp³-hybridized carbons (Fsp3) is 0.259. The fourth-order valence-corrected chi connectivity index (χ4v) is 4.37. The van der Waals surface area contributed by atoms with E-state index in [1.165, 1.54) is 24.5 Å². The molecule has 9 nitrogen and oxygen atoms in total. The minimum atomic E-state index is -4.61. The Balaban J connectivity index is 1.35. The first-order valence-electron chi connectivity index (χ1n) is 12.3. The maximum Gasteiger partial charge on any atom is 0.416 e. The van der Waals surface area contributed by atoms with E-state index in [1.807, 2.05) is 6.07 Å². The van der Waals surface area contributed by atoms with Gasteiger partial charge < -0.3 is 20.7 Å². The molecule has 0 atom stereocenters. The highest BCUT2D eigenvalue weighted by Gasteiger charge is 2.34. The lowest BCUT2D eigenvalue weighted by atomic mass is 9.98. The van der Waals surface area contributed by atoms with Gasteiger partial charge in [0.25, 0.3) is 5.91 Å². The Hall–Kier alpha value is -4.45.